The number of piperidine rings is 1. The molecule has 1 aliphatic heterocycles. The lowest BCUT2D eigenvalue weighted by Crippen LogP contribution is -2.47. The van der Waals surface area contributed by atoms with Crippen molar-refractivity contribution in [2.75, 3.05) is 13.1 Å². The number of rotatable bonds is 3. The van der Waals surface area contributed by atoms with Gasteiger partial charge in [-0.3, -0.25) is 0 Å². The minimum atomic E-state index is -0.459. The maximum atomic E-state index is 12.5. The van der Waals surface area contributed by atoms with Gasteiger partial charge in [0.05, 0.1) is 0 Å². The number of nitrogens with one attached hydrogen (secondary N) is 1. The third-order valence-electron chi connectivity index (χ3n) is 3.57. The van der Waals surface area contributed by atoms with Crippen molar-refractivity contribution in [2.45, 2.75) is 51.8 Å². The van der Waals surface area contributed by atoms with E-state index in [2.05, 4.69) is 17.4 Å². The lowest BCUT2D eigenvalue weighted by Gasteiger charge is -2.36. The molecule has 1 heterocycles. The van der Waals surface area contributed by atoms with Gasteiger partial charge in [0.25, 0.3) is 0 Å². The molecule has 1 aliphatic rings. The van der Waals surface area contributed by atoms with Gasteiger partial charge in [-0.25, -0.2) is 4.79 Å². The van der Waals surface area contributed by atoms with E-state index in [4.69, 9.17) is 4.74 Å². The molecule has 21 heavy (non-hydrogen) atoms. The van der Waals surface area contributed by atoms with Crippen LogP contribution in [0.5, 0.6) is 0 Å². The van der Waals surface area contributed by atoms with E-state index >= 15 is 0 Å². The lowest BCUT2D eigenvalue weighted by molar-refractivity contribution is 0.0107. The summed E-state index contributed by atoms with van der Waals surface area (Å²) < 4.78 is 5.59. The highest BCUT2D eigenvalue weighted by molar-refractivity contribution is 5.68. The number of hydrogen-bond acceptors (Lipinski definition) is 3. The van der Waals surface area contributed by atoms with Gasteiger partial charge in [0.15, 0.2) is 0 Å². The Morgan fingerprint density at radius 3 is 2.43 bits per heavy atom. The molecule has 1 saturated heterocycles. The van der Waals surface area contributed by atoms with Gasteiger partial charge in [0, 0.05) is 12.6 Å². The highest BCUT2D eigenvalue weighted by atomic mass is 16.6. The van der Waals surface area contributed by atoms with Gasteiger partial charge in [-0.15, -0.1) is 0 Å². The van der Waals surface area contributed by atoms with Crippen molar-refractivity contribution in [3.05, 3.63) is 35.9 Å². The number of amides is 1. The molecule has 0 aromatic heterocycles. The van der Waals surface area contributed by atoms with E-state index in [-0.39, 0.29) is 12.1 Å². The summed E-state index contributed by atoms with van der Waals surface area (Å²) in [5.41, 5.74) is 0.681. The van der Waals surface area contributed by atoms with E-state index in [9.17, 15) is 4.79 Å². The average molecular weight is 290 g/mol. The second-order valence-electron chi connectivity index (χ2n) is 6.58. The fourth-order valence-electron chi connectivity index (χ4n) is 2.56. The first-order chi connectivity index (χ1) is 9.96. The van der Waals surface area contributed by atoms with E-state index in [0.29, 0.717) is 6.54 Å². The third-order valence-corrected chi connectivity index (χ3v) is 3.57. The van der Waals surface area contributed by atoms with Crippen LogP contribution in [-0.2, 0) is 11.3 Å². The van der Waals surface area contributed by atoms with Crippen molar-refractivity contribution in [3.8, 4) is 0 Å². The van der Waals surface area contributed by atoms with Gasteiger partial charge >= 0.3 is 6.09 Å². The molecule has 2 rings (SSSR count). The summed E-state index contributed by atoms with van der Waals surface area (Å²) in [7, 11) is 0. The molecule has 0 atom stereocenters. The molecule has 4 nitrogen and oxygen atoms in total. The predicted molar refractivity (Wildman–Crippen MR) is 84.1 cm³/mol. The number of benzene rings is 1. The van der Waals surface area contributed by atoms with Crippen molar-refractivity contribution in [1.82, 2.24) is 10.2 Å². The van der Waals surface area contributed by atoms with Gasteiger partial charge in [-0.05, 0) is 52.3 Å². The van der Waals surface area contributed by atoms with Crippen LogP contribution >= 0.6 is 0 Å². The Labute approximate surface area is 127 Å². The standard InChI is InChI=1S/C17H26N2O2/c1-17(2,3)21-16(20)19(15-9-11-18-12-10-15)13-14-7-5-4-6-8-14/h4-8,15,18H,9-13H2,1-3H3. The number of carbonyl (C=O) groups excluding carboxylic acids is 1. The summed E-state index contributed by atoms with van der Waals surface area (Å²) in [4.78, 5) is 14.4. The zero-order valence-electron chi connectivity index (χ0n) is 13.3. The fourth-order valence-corrected chi connectivity index (χ4v) is 2.56. The van der Waals surface area contributed by atoms with E-state index in [0.717, 1.165) is 31.5 Å². The monoisotopic (exact) mass is 290 g/mol. The molecule has 1 amide bonds. The molecule has 0 aliphatic carbocycles. The highest BCUT2D eigenvalue weighted by Crippen LogP contribution is 2.19. The van der Waals surface area contributed by atoms with Crippen LogP contribution in [-0.4, -0.2) is 35.7 Å². The van der Waals surface area contributed by atoms with Crippen molar-refractivity contribution in [3.63, 3.8) is 0 Å². The first kappa shape index (κ1) is 15.8. The molecular formula is C17H26N2O2. The van der Waals surface area contributed by atoms with Crippen molar-refractivity contribution < 1.29 is 9.53 Å². The van der Waals surface area contributed by atoms with Gasteiger partial charge in [0.1, 0.15) is 5.60 Å². The summed E-state index contributed by atoms with van der Waals surface area (Å²) in [6.07, 6.45) is 1.75. The Kier molecular flexibility index (Phi) is 5.23. The zero-order chi connectivity index (χ0) is 15.3. The van der Waals surface area contributed by atoms with Crippen molar-refractivity contribution >= 4 is 6.09 Å². The summed E-state index contributed by atoms with van der Waals surface area (Å²) in [6.45, 7) is 8.26. The fraction of sp³-hybridized carbons (Fsp3) is 0.588. The van der Waals surface area contributed by atoms with E-state index < -0.39 is 5.60 Å². The predicted octanol–water partition coefficient (Wildman–Crippen LogP) is 3.18. The Hall–Kier alpha value is -1.55. The van der Waals surface area contributed by atoms with E-state index in [1.54, 1.807) is 0 Å². The van der Waals surface area contributed by atoms with Crippen LogP contribution in [0.4, 0.5) is 4.79 Å². The van der Waals surface area contributed by atoms with Gasteiger partial charge in [-0.1, -0.05) is 30.3 Å². The molecule has 0 spiro atoms. The van der Waals surface area contributed by atoms with Crippen LogP contribution in [0.3, 0.4) is 0 Å². The summed E-state index contributed by atoms with van der Waals surface area (Å²) in [5, 5.41) is 3.34. The first-order valence-electron chi connectivity index (χ1n) is 7.70. The molecule has 1 N–H and O–H groups in total. The molecule has 1 fully saturated rings. The average Bonchev–Trinajstić information content (AvgIpc) is 2.45. The van der Waals surface area contributed by atoms with E-state index in [1.165, 1.54) is 0 Å². The Bertz CT molecular complexity index is 448. The minimum absolute atomic E-state index is 0.210. The molecule has 0 unspecified atom stereocenters. The molecular weight excluding hydrogens is 264 g/mol. The van der Waals surface area contributed by atoms with E-state index in [1.807, 2.05) is 43.9 Å². The second-order valence-corrected chi connectivity index (χ2v) is 6.58. The summed E-state index contributed by atoms with van der Waals surface area (Å²) >= 11 is 0. The van der Waals surface area contributed by atoms with Crippen LogP contribution < -0.4 is 5.32 Å². The third kappa shape index (κ3) is 5.05. The quantitative estimate of drug-likeness (QED) is 0.929. The molecule has 1 aromatic rings. The normalized spacial score (nSPS) is 16.5. The lowest BCUT2D eigenvalue weighted by atomic mass is 10.0. The van der Waals surface area contributed by atoms with Crippen molar-refractivity contribution in [2.24, 2.45) is 0 Å². The molecule has 0 bridgehead atoms. The SMILES string of the molecule is CC(C)(C)OC(=O)N(Cc1ccccc1)C1CCNCC1. The van der Waals surface area contributed by atoms with Crippen LogP contribution in [0.15, 0.2) is 30.3 Å². The molecule has 4 heteroatoms. The van der Waals surface area contributed by atoms with Gasteiger partial charge in [0.2, 0.25) is 0 Å². The van der Waals surface area contributed by atoms with Crippen LogP contribution in [0.1, 0.15) is 39.2 Å². The Balaban J connectivity index is 2.11. The van der Waals surface area contributed by atoms with Gasteiger partial charge < -0.3 is 15.0 Å². The summed E-state index contributed by atoms with van der Waals surface area (Å²) in [5.74, 6) is 0. The number of hydrogen-bond donors (Lipinski definition) is 1. The molecule has 1 aromatic carbocycles. The molecule has 0 saturated carbocycles. The van der Waals surface area contributed by atoms with Crippen LogP contribution in [0.2, 0.25) is 0 Å². The summed E-state index contributed by atoms with van der Waals surface area (Å²) in [6, 6.07) is 10.4. The largest absolute Gasteiger partial charge is 0.444 e. The second kappa shape index (κ2) is 6.94. The van der Waals surface area contributed by atoms with Gasteiger partial charge in [-0.2, -0.15) is 0 Å². The number of ether oxygens (including phenoxy) is 1. The zero-order valence-corrected chi connectivity index (χ0v) is 13.3. The molecule has 0 radical (unpaired) electrons. The maximum absolute atomic E-state index is 12.5. The number of nitrogens with zero attached hydrogens (tertiary/aromatic N) is 1. The highest BCUT2D eigenvalue weighted by Gasteiger charge is 2.29. The topological polar surface area (TPSA) is 41.6 Å². The Morgan fingerprint density at radius 2 is 1.86 bits per heavy atom. The minimum Gasteiger partial charge on any atom is -0.444 e. The maximum Gasteiger partial charge on any atom is 0.410 e. The first-order valence-corrected chi connectivity index (χ1v) is 7.70. The smallest absolute Gasteiger partial charge is 0.410 e. The molecule has 116 valence electrons. The van der Waals surface area contributed by atoms with Crippen LogP contribution in [0, 0.1) is 0 Å². The van der Waals surface area contributed by atoms with Crippen LogP contribution in [0.25, 0.3) is 0 Å². The number of carbonyl (C=O) groups is 1. The Morgan fingerprint density at radius 1 is 1.24 bits per heavy atom. The van der Waals surface area contributed by atoms with Crippen molar-refractivity contribution in [1.29, 1.82) is 0 Å².